The van der Waals surface area contributed by atoms with Gasteiger partial charge in [0.1, 0.15) is 12.1 Å². The zero-order chi connectivity index (χ0) is 19.8. The Balaban J connectivity index is 1.47. The van der Waals surface area contributed by atoms with E-state index in [1.54, 1.807) is 35.1 Å². The molecule has 3 heterocycles. The molecule has 0 aliphatic heterocycles. The lowest BCUT2D eigenvalue weighted by atomic mass is 10.1. The molecule has 0 radical (unpaired) electrons. The SMILES string of the molecule is O=c1c2cc(-c3ccc(Cl)cc3)nn2ccn1Cc1nc(-c2ccccc2)no1. The lowest BCUT2D eigenvalue weighted by Crippen LogP contribution is -2.21. The Morgan fingerprint density at radius 3 is 2.55 bits per heavy atom. The van der Waals surface area contributed by atoms with Gasteiger partial charge in [0.2, 0.25) is 11.7 Å². The number of rotatable bonds is 4. The third-order valence-corrected chi connectivity index (χ3v) is 4.80. The van der Waals surface area contributed by atoms with Crippen LogP contribution in [-0.2, 0) is 6.54 Å². The summed E-state index contributed by atoms with van der Waals surface area (Å²) in [4.78, 5) is 17.3. The summed E-state index contributed by atoms with van der Waals surface area (Å²) in [6, 6.07) is 18.6. The van der Waals surface area contributed by atoms with Gasteiger partial charge in [-0.3, -0.25) is 4.79 Å². The Kier molecular flexibility index (Phi) is 4.22. The van der Waals surface area contributed by atoms with Crippen LogP contribution in [-0.4, -0.2) is 24.3 Å². The van der Waals surface area contributed by atoms with Crippen molar-refractivity contribution in [2.45, 2.75) is 6.54 Å². The molecule has 0 spiro atoms. The zero-order valence-electron chi connectivity index (χ0n) is 15.1. The van der Waals surface area contributed by atoms with E-state index in [1.165, 1.54) is 4.57 Å². The fraction of sp³-hybridized carbons (Fsp3) is 0.0476. The molecule has 0 N–H and O–H groups in total. The molecular formula is C21H14ClN5O2. The van der Waals surface area contributed by atoms with Crippen molar-refractivity contribution < 1.29 is 4.52 Å². The second-order valence-corrected chi connectivity index (χ2v) is 6.91. The van der Waals surface area contributed by atoms with E-state index in [9.17, 15) is 4.79 Å². The zero-order valence-corrected chi connectivity index (χ0v) is 15.8. The lowest BCUT2D eigenvalue weighted by Gasteiger charge is -2.01. The Bertz CT molecular complexity index is 1350. The second-order valence-electron chi connectivity index (χ2n) is 6.48. The largest absolute Gasteiger partial charge is 0.337 e. The molecule has 7 nitrogen and oxygen atoms in total. The number of fused-ring (bicyclic) bond motifs is 1. The van der Waals surface area contributed by atoms with Gasteiger partial charge in [-0.2, -0.15) is 10.1 Å². The normalized spacial score (nSPS) is 11.2. The first-order valence-electron chi connectivity index (χ1n) is 8.90. The molecule has 5 aromatic rings. The third-order valence-electron chi connectivity index (χ3n) is 4.55. The summed E-state index contributed by atoms with van der Waals surface area (Å²) in [5.41, 5.74) is 2.70. The van der Waals surface area contributed by atoms with E-state index in [4.69, 9.17) is 16.1 Å². The molecule has 0 fully saturated rings. The summed E-state index contributed by atoms with van der Waals surface area (Å²) in [5, 5.41) is 9.12. The van der Waals surface area contributed by atoms with Crippen molar-refractivity contribution in [2.75, 3.05) is 0 Å². The van der Waals surface area contributed by atoms with E-state index in [-0.39, 0.29) is 12.1 Å². The molecule has 0 aliphatic rings. The first kappa shape index (κ1) is 17.4. The highest BCUT2D eigenvalue weighted by molar-refractivity contribution is 6.30. The molecule has 0 unspecified atom stereocenters. The predicted octanol–water partition coefficient (Wildman–Crippen LogP) is 3.91. The predicted molar refractivity (Wildman–Crippen MR) is 109 cm³/mol. The van der Waals surface area contributed by atoms with Crippen LogP contribution < -0.4 is 5.56 Å². The van der Waals surface area contributed by atoms with Crippen molar-refractivity contribution >= 4 is 17.1 Å². The lowest BCUT2D eigenvalue weighted by molar-refractivity contribution is 0.370. The minimum atomic E-state index is -0.195. The topological polar surface area (TPSA) is 78.2 Å². The van der Waals surface area contributed by atoms with Crippen molar-refractivity contribution in [2.24, 2.45) is 0 Å². The molecule has 0 aliphatic carbocycles. The van der Waals surface area contributed by atoms with Crippen LogP contribution >= 0.6 is 11.6 Å². The van der Waals surface area contributed by atoms with Gasteiger partial charge in [-0.05, 0) is 18.2 Å². The van der Waals surface area contributed by atoms with Crippen molar-refractivity contribution in [1.82, 2.24) is 24.3 Å². The van der Waals surface area contributed by atoms with Gasteiger partial charge in [0.05, 0.1) is 5.69 Å². The van der Waals surface area contributed by atoms with Gasteiger partial charge < -0.3 is 9.09 Å². The molecule has 2 aromatic carbocycles. The van der Waals surface area contributed by atoms with E-state index < -0.39 is 0 Å². The summed E-state index contributed by atoms with van der Waals surface area (Å²) >= 11 is 5.94. The Morgan fingerprint density at radius 2 is 1.76 bits per heavy atom. The maximum absolute atomic E-state index is 12.9. The summed E-state index contributed by atoms with van der Waals surface area (Å²) in [6.45, 7) is 0.177. The molecule has 142 valence electrons. The van der Waals surface area contributed by atoms with Gasteiger partial charge in [-0.25, -0.2) is 4.52 Å². The molecule has 5 rings (SSSR count). The number of aromatic nitrogens is 5. The number of nitrogens with zero attached hydrogens (tertiary/aromatic N) is 5. The molecule has 0 saturated heterocycles. The van der Waals surface area contributed by atoms with Crippen molar-refractivity contribution in [3.8, 4) is 22.6 Å². The van der Waals surface area contributed by atoms with Crippen LogP contribution in [0.25, 0.3) is 28.2 Å². The molecule has 29 heavy (non-hydrogen) atoms. The van der Waals surface area contributed by atoms with Crippen LogP contribution in [0.2, 0.25) is 5.02 Å². The van der Waals surface area contributed by atoms with Crippen LogP contribution in [0.4, 0.5) is 0 Å². The van der Waals surface area contributed by atoms with E-state index in [0.717, 1.165) is 11.1 Å². The van der Waals surface area contributed by atoms with Crippen molar-refractivity contribution in [3.63, 3.8) is 0 Å². The van der Waals surface area contributed by atoms with Gasteiger partial charge in [-0.1, -0.05) is 59.2 Å². The highest BCUT2D eigenvalue weighted by Gasteiger charge is 2.13. The summed E-state index contributed by atoms with van der Waals surface area (Å²) in [7, 11) is 0. The summed E-state index contributed by atoms with van der Waals surface area (Å²) in [6.07, 6.45) is 3.38. The summed E-state index contributed by atoms with van der Waals surface area (Å²) in [5.74, 6) is 0.844. The number of hydrogen-bond acceptors (Lipinski definition) is 5. The van der Waals surface area contributed by atoms with E-state index in [2.05, 4.69) is 15.2 Å². The molecule has 3 aromatic heterocycles. The molecule has 0 amide bonds. The molecular weight excluding hydrogens is 390 g/mol. The van der Waals surface area contributed by atoms with Gasteiger partial charge in [0.25, 0.3) is 5.56 Å². The third kappa shape index (κ3) is 3.32. The monoisotopic (exact) mass is 403 g/mol. The molecule has 0 atom stereocenters. The smallest absolute Gasteiger partial charge is 0.277 e. The standard InChI is InChI=1S/C21H14ClN5O2/c22-16-8-6-14(7-9-16)17-12-18-21(28)26(10-11-27(18)24-17)13-19-23-20(25-29-19)15-4-2-1-3-5-15/h1-12H,13H2. The average Bonchev–Trinajstić information content (AvgIpc) is 3.39. The highest BCUT2D eigenvalue weighted by Crippen LogP contribution is 2.21. The Hall–Kier alpha value is -3.71. The number of benzene rings is 2. The highest BCUT2D eigenvalue weighted by atomic mass is 35.5. The first-order chi connectivity index (χ1) is 14.2. The van der Waals surface area contributed by atoms with Crippen LogP contribution in [0, 0.1) is 0 Å². The van der Waals surface area contributed by atoms with Gasteiger partial charge in [0, 0.05) is 28.5 Å². The minimum absolute atomic E-state index is 0.177. The Morgan fingerprint density at radius 1 is 0.966 bits per heavy atom. The molecule has 8 heteroatoms. The van der Waals surface area contributed by atoms with E-state index in [0.29, 0.717) is 27.9 Å². The van der Waals surface area contributed by atoms with Crippen molar-refractivity contribution in [1.29, 1.82) is 0 Å². The number of hydrogen-bond donors (Lipinski definition) is 0. The first-order valence-corrected chi connectivity index (χ1v) is 9.28. The minimum Gasteiger partial charge on any atom is -0.337 e. The van der Waals surface area contributed by atoms with Crippen LogP contribution in [0.1, 0.15) is 5.89 Å². The van der Waals surface area contributed by atoms with Gasteiger partial charge in [0.15, 0.2) is 0 Å². The number of halogens is 1. The fourth-order valence-electron chi connectivity index (χ4n) is 3.08. The average molecular weight is 404 g/mol. The fourth-order valence-corrected chi connectivity index (χ4v) is 3.21. The molecule has 0 bridgehead atoms. The van der Waals surface area contributed by atoms with Crippen LogP contribution in [0.5, 0.6) is 0 Å². The van der Waals surface area contributed by atoms with Crippen LogP contribution in [0.3, 0.4) is 0 Å². The summed E-state index contributed by atoms with van der Waals surface area (Å²) < 4.78 is 8.40. The van der Waals surface area contributed by atoms with Gasteiger partial charge in [-0.15, -0.1) is 0 Å². The van der Waals surface area contributed by atoms with Crippen LogP contribution in [0.15, 0.2) is 82.4 Å². The quantitative estimate of drug-likeness (QED) is 0.454. The van der Waals surface area contributed by atoms with E-state index in [1.807, 2.05) is 42.5 Å². The van der Waals surface area contributed by atoms with Gasteiger partial charge >= 0.3 is 0 Å². The molecule has 0 saturated carbocycles. The second kappa shape index (κ2) is 7.03. The Labute approximate surface area is 169 Å². The van der Waals surface area contributed by atoms with E-state index >= 15 is 0 Å². The maximum Gasteiger partial charge on any atom is 0.277 e. The maximum atomic E-state index is 12.9. The van der Waals surface area contributed by atoms with Crippen molar-refractivity contribution in [3.05, 3.63) is 94.3 Å².